The summed E-state index contributed by atoms with van der Waals surface area (Å²) in [6.07, 6.45) is -16.1. The number of aromatic hydroxyl groups is 1. The highest BCUT2D eigenvalue weighted by atomic mass is 16.7. The van der Waals surface area contributed by atoms with E-state index >= 15 is 0 Å². The van der Waals surface area contributed by atoms with Gasteiger partial charge < -0.3 is 64.5 Å². The van der Waals surface area contributed by atoms with E-state index < -0.39 is 86.2 Å². The van der Waals surface area contributed by atoms with E-state index in [1.165, 1.54) is 26.2 Å². The van der Waals surface area contributed by atoms with E-state index in [9.17, 15) is 45.6 Å². The predicted octanol–water partition coefficient (Wildman–Crippen LogP) is -3.39. The first-order valence-corrected chi connectivity index (χ1v) is 10.7. The highest BCUT2D eigenvalue weighted by Crippen LogP contribution is 2.36. The first kappa shape index (κ1) is 27.5. The number of carbonyl (C=O) groups excluding carboxylic acids is 1. The van der Waals surface area contributed by atoms with E-state index in [0.29, 0.717) is 0 Å². The Morgan fingerprint density at radius 3 is 2.03 bits per heavy atom. The van der Waals surface area contributed by atoms with Crippen molar-refractivity contribution in [2.24, 2.45) is 0 Å². The number of aliphatic hydroxyl groups is 7. The third-order valence-electron chi connectivity index (χ3n) is 5.83. The standard InChI is InChI=1S/C21H30O14/c1-7(23)13-9(24)3-8(31-2)4-10(13)33-21-19(30)17(28)15(26)12(35-21)6-32-20-18(29)16(27)14(25)11(5-22)34-20/h3-4,11-12,14-22,24-30H,5-6H2,1-2H3/t11-,12-,14+,15+,16+,17+,18+,19-,20-,21-/m0/s1. The highest BCUT2D eigenvalue weighted by molar-refractivity contribution is 5.99. The Labute approximate surface area is 199 Å². The second kappa shape index (κ2) is 11.3. The third-order valence-corrected chi connectivity index (χ3v) is 5.83. The summed E-state index contributed by atoms with van der Waals surface area (Å²) in [7, 11) is 1.31. The maximum atomic E-state index is 12.0. The second-order valence-corrected chi connectivity index (χ2v) is 8.24. The van der Waals surface area contributed by atoms with Crippen molar-refractivity contribution in [2.75, 3.05) is 20.3 Å². The molecule has 2 aliphatic rings. The van der Waals surface area contributed by atoms with Crippen LogP contribution >= 0.6 is 0 Å². The fourth-order valence-corrected chi connectivity index (χ4v) is 3.81. The molecule has 2 heterocycles. The average Bonchev–Trinajstić information content (AvgIpc) is 2.82. The van der Waals surface area contributed by atoms with Crippen LogP contribution in [-0.4, -0.2) is 128 Å². The molecule has 0 radical (unpaired) electrons. The lowest BCUT2D eigenvalue weighted by Gasteiger charge is -2.42. The lowest BCUT2D eigenvalue weighted by atomic mass is 9.98. The van der Waals surface area contributed by atoms with Crippen LogP contribution in [0.15, 0.2) is 12.1 Å². The van der Waals surface area contributed by atoms with Crippen molar-refractivity contribution in [1.29, 1.82) is 0 Å². The van der Waals surface area contributed by atoms with Crippen LogP contribution in [0, 0.1) is 0 Å². The number of phenols is 1. The van der Waals surface area contributed by atoms with Crippen LogP contribution in [0.25, 0.3) is 0 Å². The van der Waals surface area contributed by atoms with Crippen molar-refractivity contribution >= 4 is 5.78 Å². The summed E-state index contributed by atoms with van der Waals surface area (Å²) in [5.41, 5.74) is -0.240. The van der Waals surface area contributed by atoms with Gasteiger partial charge in [-0.25, -0.2) is 0 Å². The van der Waals surface area contributed by atoms with Crippen LogP contribution in [0.1, 0.15) is 17.3 Å². The van der Waals surface area contributed by atoms with Crippen LogP contribution in [-0.2, 0) is 14.2 Å². The van der Waals surface area contributed by atoms with Crippen molar-refractivity contribution in [3.8, 4) is 17.2 Å². The minimum absolute atomic E-state index is 0.121. The molecule has 198 valence electrons. The molecule has 35 heavy (non-hydrogen) atoms. The fraction of sp³-hybridized carbons (Fsp3) is 0.667. The molecule has 2 fully saturated rings. The average molecular weight is 506 g/mol. The number of hydrogen-bond acceptors (Lipinski definition) is 14. The minimum atomic E-state index is -1.79. The Kier molecular flexibility index (Phi) is 8.87. The van der Waals surface area contributed by atoms with Crippen LogP contribution in [0.4, 0.5) is 0 Å². The normalized spacial score (nSPS) is 37.6. The molecule has 14 heteroatoms. The zero-order valence-electron chi connectivity index (χ0n) is 18.9. The lowest BCUT2D eigenvalue weighted by Crippen LogP contribution is -2.62. The van der Waals surface area contributed by atoms with Gasteiger partial charge in [-0.2, -0.15) is 0 Å². The number of carbonyl (C=O) groups is 1. The Hall–Kier alpha value is -2.11. The number of hydrogen-bond donors (Lipinski definition) is 8. The molecule has 2 saturated heterocycles. The van der Waals surface area contributed by atoms with Crippen LogP contribution in [0.5, 0.6) is 17.2 Å². The molecule has 0 bridgehead atoms. The second-order valence-electron chi connectivity index (χ2n) is 8.24. The molecule has 3 rings (SSSR count). The zero-order chi connectivity index (χ0) is 26.0. The molecule has 14 nitrogen and oxygen atoms in total. The molecular formula is C21H30O14. The molecule has 1 aromatic carbocycles. The quantitative estimate of drug-likeness (QED) is 0.161. The monoisotopic (exact) mass is 506 g/mol. The van der Waals surface area contributed by atoms with Gasteiger partial charge in [0.2, 0.25) is 6.29 Å². The molecular weight excluding hydrogens is 476 g/mol. The SMILES string of the molecule is COc1cc(O)c(C(C)=O)c(O[C@H]2O[C@@H](CO[C@H]3O[C@@H](CO)[C@@H](O)[C@@H](O)[C@H]3O)[C@@H](O)[C@@H](O)[C@@H]2O)c1. The van der Waals surface area contributed by atoms with Crippen molar-refractivity contribution in [3.05, 3.63) is 17.7 Å². The summed E-state index contributed by atoms with van der Waals surface area (Å²) in [5.74, 6) is -1.14. The van der Waals surface area contributed by atoms with Gasteiger partial charge in [-0.15, -0.1) is 0 Å². The number of ketones is 1. The van der Waals surface area contributed by atoms with E-state index in [2.05, 4.69) is 0 Å². The number of phenolic OH excluding ortho intramolecular Hbond substituents is 1. The minimum Gasteiger partial charge on any atom is -0.507 e. The summed E-state index contributed by atoms with van der Waals surface area (Å²) >= 11 is 0. The van der Waals surface area contributed by atoms with Gasteiger partial charge in [0.25, 0.3) is 0 Å². The van der Waals surface area contributed by atoms with Crippen LogP contribution in [0.3, 0.4) is 0 Å². The van der Waals surface area contributed by atoms with E-state index in [4.69, 9.17) is 23.7 Å². The third kappa shape index (κ3) is 5.67. The maximum Gasteiger partial charge on any atom is 0.229 e. The van der Waals surface area contributed by atoms with E-state index in [0.717, 1.165) is 0 Å². The molecule has 0 unspecified atom stereocenters. The predicted molar refractivity (Wildman–Crippen MR) is 112 cm³/mol. The number of benzene rings is 1. The van der Waals surface area contributed by atoms with Gasteiger partial charge >= 0.3 is 0 Å². The molecule has 10 atom stereocenters. The molecule has 1 aromatic rings. The highest BCUT2D eigenvalue weighted by Gasteiger charge is 2.48. The number of methoxy groups -OCH3 is 1. The van der Waals surface area contributed by atoms with Crippen LogP contribution < -0.4 is 9.47 Å². The molecule has 0 aromatic heterocycles. The summed E-state index contributed by atoms with van der Waals surface area (Å²) in [5, 5.41) is 80.2. The summed E-state index contributed by atoms with van der Waals surface area (Å²) in [6.45, 7) is -0.0707. The smallest absolute Gasteiger partial charge is 0.229 e. The maximum absolute atomic E-state index is 12.0. The van der Waals surface area contributed by atoms with Gasteiger partial charge in [0, 0.05) is 12.1 Å². The molecule has 0 spiro atoms. The van der Waals surface area contributed by atoms with E-state index in [1.807, 2.05) is 0 Å². The Morgan fingerprint density at radius 1 is 0.886 bits per heavy atom. The molecule has 8 N–H and O–H groups in total. The van der Waals surface area contributed by atoms with Gasteiger partial charge in [-0.1, -0.05) is 0 Å². The van der Waals surface area contributed by atoms with Crippen LogP contribution in [0.2, 0.25) is 0 Å². The first-order chi connectivity index (χ1) is 16.5. The van der Waals surface area contributed by atoms with Crippen molar-refractivity contribution in [1.82, 2.24) is 0 Å². The molecule has 0 saturated carbocycles. The molecule has 0 aliphatic carbocycles. The molecule has 0 amide bonds. The van der Waals surface area contributed by atoms with E-state index in [-0.39, 0.29) is 17.1 Å². The largest absolute Gasteiger partial charge is 0.507 e. The van der Waals surface area contributed by atoms with Crippen molar-refractivity contribution in [3.63, 3.8) is 0 Å². The number of aliphatic hydroxyl groups excluding tert-OH is 7. The number of ether oxygens (including phenoxy) is 5. The van der Waals surface area contributed by atoms with Gasteiger partial charge in [0.1, 0.15) is 71.6 Å². The number of Topliss-reactive ketones (excluding diaryl/α,β-unsaturated/α-hetero) is 1. The van der Waals surface area contributed by atoms with Gasteiger partial charge in [0.05, 0.1) is 20.3 Å². The fourth-order valence-electron chi connectivity index (χ4n) is 3.81. The van der Waals surface area contributed by atoms with Gasteiger partial charge in [0.15, 0.2) is 12.1 Å². The Bertz CT molecular complexity index is 878. The summed E-state index contributed by atoms with van der Waals surface area (Å²) in [4.78, 5) is 12.0. The number of rotatable bonds is 8. The Balaban J connectivity index is 1.76. The Morgan fingerprint density at radius 2 is 1.46 bits per heavy atom. The topological polar surface area (TPSA) is 225 Å². The zero-order valence-corrected chi connectivity index (χ0v) is 18.9. The first-order valence-electron chi connectivity index (χ1n) is 10.7. The summed E-state index contributed by atoms with van der Waals surface area (Å²) < 4.78 is 26.7. The summed E-state index contributed by atoms with van der Waals surface area (Å²) in [6, 6.07) is 2.43. The van der Waals surface area contributed by atoms with E-state index in [1.54, 1.807) is 0 Å². The van der Waals surface area contributed by atoms with Crippen molar-refractivity contribution in [2.45, 2.75) is 68.3 Å². The molecule has 2 aliphatic heterocycles. The lowest BCUT2D eigenvalue weighted by molar-refractivity contribution is -0.323. The van der Waals surface area contributed by atoms with Gasteiger partial charge in [-0.05, 0) is 6.92 Å². The van der Waals surface area contributed by atoms with Crippen molar-refractivity contribution < 1.29 is 69.3 Å². The van der Waals surface area contributed by atoms with Gasteiger partial charge in [-0.3, -0.25) is 4.79 Å².